The number of amides is 1. The fraction of sp³-hybridized carbons (Fsp3) is 0.167. The van der Waals surface area contributed by atoms with Gasteiger partial charge in [0.05, 0.1) is 12.5 Å². The van der Waals surface area contributed by atoms with E-state index in [4.69, 9.17) is 0 Å². The average Bonchev–Trinajstić information content (AvgIpc) is 3.21. The van der Waals surface area contributed by atoms with Crippen molar-refractivity contribution in [2.24, 2.45) is 0 Å². The molecule has 0 saturated heterocycles. The molecule has 1 aromatic carbocycles. The van der Waals surface area contributed by atoms with Crippen LogP contribution in [-0.4, -0.2) is 10.5 Å². The molecule has 0 unspecified atom stereocenters. The quantitative estimate of drug-likeness (QED) is 0.729. The normalized spacial score (nSPS) is 12.1. The number of carbonyl (C=O) groups is 1. The van der Waals surface area contributed by atoms with Gasteiger partial charge in [0.2, 0.25) is 5.91 Å². The number of aromatic nitrogens is 1. The summed E-state index contributed by atoms with van der Waals surface area (Å²) in [5, 5.41) is 4.78. The Balaban J connectivity index is 1.75. The summed E-state index contributed by atoms with van der Waals surface area (Å²) in [5.74, 6) is -0.455. The van der Waals surface area contributed by atoms with E-state index in [0.29, 0.717) is 17.7 Å². The molecule has 118 valence electrons. The Morgan fingerprint density at radius 1 is 1.26 bits per heavy atom. The Morgan fingerprint density at radius 3 is 2.70 bits per heavy atom. The zero-order valence-corrected chi connectivity index (χ0v) is 13.5. The van der Waals surface area contributed by atoms with E-state index in [-0.39, 0.29) is 17.8 Å². The number of carbonyl (C=O) groups excluding carboxylic acids is 1. The summed E-state index contributed by atoms with van der Waals surface area (Å²) in [7, 11) is 0. The molecule has 3 aromatic rings. The lowest BCUT2D eigenvalue weighted by atomic mass is 10.1. The number of halogens is 1. The predicted molar refractivity (Wildman–Crippen MR) is 91.3 cm³/mol. The number of aryl methyl sites for hydroxylation is 1. The fourth-order valence-electron chi connectivity index (χ4n) is 2.45. The average molecular weight is 328 g/mol. The van der Waals surface area contributed by atoms with Crippen molar-refractivity contribution in [3.05, 3.63) is 76.5 Å². The highest BCUT2D eigenvalue weighted by atomic mass is 32.1. The molecule has 0 aliphatic rings. The van der Waals surface area contributed by atoms with Crippen LogP contribution >= 0.6 is 11.3 Å². The van der Waals surface area contributed by atoms with Crippen molar-refractivity contribution in [3.8, 4) is 0 Å². The van der Waals surface area contributed by atoms with Gasteiger partial charge in [0, 0.05) is 23.0 Å². The third kappa shape index (κ3) is 3.68. The molecule has 1 amide bonds. The summed E-state index contributed by atoms with van der Waals surface area (Å²) < 4.78 is 15.6. The molecule has 2 heterocycles. The van der Waals surface area contributed by atoms with E-state index in [9.17, 15) is 9.18 Å². The summed E-state index contributed by atoms with van der Waals surface area (Å²) in [6, 6.07) is 12.5. The van der Waals surface area contributed by atoms with Gasteiger partial charge in [-0.05, 0) is 48.2 Å². The minimum atomic E-state index is -0.317. The van der Waals surface area contributed by atoms with Gasteiger partial charge in [0.25, 0.3) is 0 Å². The van der Waals surface area contributed by atoms with Gasteiger partial charge in [-0.25, -0.2) is 4.39 Å². The highest BCUT2D eigenvalue weighted by molar-refractivity contribution is 7.10. The number of anilines is 1. The van der Waals surface area contributed by atoms with Crippen LogP contribution in [0.3, 0.4) is 0 Å². The number of benzene rings is 1. The maximum atomic E-state index is 13.6. The van der Waals surface area contributed by atoms with Gasteiger partial charge in [0.15, 0.2) is 0 Å². The first-order chi connectivity index (χ1) is 11.1. The van der Waals surface area contributed by atoms with Crippen LogP contribution in [0.1, 0.15) is 22.9 Å². The largest absolute Gasteiger partial charge is 0.346 e. The van der Waals surface area contributed by atoms with Crippen molar-refractivity contribution in [1.82, 2.24) is 4.57 Å². The second kappa shape index (κ2) is 6.79. The van der Waals surface area contributed by atoms with Crippen LogP contribution in [0.2, 0.25) is 0 Å². The molecule has 1 atom stereocenters. The van der Waals surface area contributed by atoms with Crippen molar-refractivity contribution >= 4 is 22.9 Å². The Morgan fingerprint density at radius 2 is 2.04 bits per heavy atom. The lowest BCUT2D eigenvalue weighted by Crippen LogP contribution is -2.19. The fourth-order valence-corrected chi connectivity index (χ4v) is 3.28. The maximum absolute atomic E-state index is 13.6. The van der Waals surface area contributed by atoms with Crippen LogP contribution in [0.15, 0.2) is 60.2 Å². The number of thiophene rings is 1. The second-order valence-corrected chi connectivity index (χ2v) is 6.36. The summed E-state index contributed by atoms with van der Waals surface area (Å²) in [5.41, 5.74) is 1.04. The Bertz CT molecular complexity index is 747. The molecule has 0 saturated carbocycles. The molecule has 3 rings (SSSR count). The second-order valence-electron chi connectivity index (χ2n) is 5.38. The molecule has 2 aromatic heterocycles. The van der Waals surface area contributed by atoms with Gasteiger partial charge in [-0.15, -0.1) is 11.3 Å². The van der Waals surface area contributed by atoms with Crippen LogP contribution in [0.25, 0.3) is 0 Å². The third-order valence-corrected chi connectivity index (χ3v) is 4.67. The van der Waals surface area contributed by atoms with Crippen molar-refractivity contribution < 1.29 is 9.18 Å². The number of nitrogens with one attached hydrogen (secondary N) is 1. The van der Waals surface area contributed by atoms with Crippen molar-refractivity contribution in [2.75, 3.05) is 5.32 Å². The predicted octanol–water partition coefficient (Wildman–Crippen LogP) is 4.62. The highest BCUT2D eigenvalue weighted by Gasteiger charge is 2.18. The Labute approximate surface area is 138 Å². The first-order valence-corrected chi connectivity index (χ1v) is 8.23. The van der Waals surface area contributed by atoms with Crippen LogP contribution < -0.4 is 5.32 Å². The number of nitrogens with zero attached hydrogens (tertiary/aromatic N) is 1. The SMILES string of the molecule is Cc1ccc(NC(=O)C[C@@H](c2cccs2)n2cccc2)cc1F. The van der Waals surface area contributed by atoms with Gasteiger partial charge < -0.3 is 9.88 Å². The molecule has 0 spiro atoms. The van der Waals surface area contributed by atoms with E-state index in [0.717, 1.165) is 4.88 Å². The minimum Gasteiger partial charge on any atom is -0.346 e. The van der Waals surface area contributed by atoms with Gasteiger partial charge in [-0.3, -0.25) is 4.79 Å². The third-order valence-electron chi connectivity index (χ3n) is 3.69. The summed E-state index contributed by atoms with van der Waals surface area (Å²) in [6.07, 6.45) is 4.19. The van der Waals surface area contributed by atoms with Crippen LogP contribution in [0, 0.1) is 12.7 Å². The molecule has 0 bridgehead atoms. The molecule has 5 heteroatoms. The Hall–Kier alpha value is -2.40. The topological polar surface area (TPSA) is 34.0 Å². The standard InChI is InChI=1S/C18H17FN2OS/c1-13-6-7-14(11-15(13)19)20-18(22)12-16(17-5-4-10-23-17)21-8-2-3-9-21/h2-11,16H,12H2,1H3,(H,20,22)/t16-/m0/s1. The molecule has 3 nitrogen and oxygen atoms in total. The van der Waals surface area contributed by atoms with E-state index in [1.54, 1.807) is 30.4 Å². The first-order valence-electron chi connectivity index (χ1n) is 7.35. The molecule has 0 radical (unpaired) electrons. The van der Waals surface area contributed by atoms with Crippen LogP contribution in [-0.2, 0) is 4.79 Å². The van der Waals surface area contributed by atoms with Gasteiger partial charge >= 0.3 is 0 Å². The summed E-state index contributed by atoms with van der Waals surface area (Å²) >= 11 is 1.62. The molecule has 0 aliphatic heterocycles. The minimum absolute atomic E-state index is 0.0553. The van der Waals surface area contributed by atoms with Gasteiger partial charge in [-0.1, -0.05) is 12.1 Å². The highest BCUT2D eigenvalue weighted by Crippen LogP contribution is 2.27. The summed E-state index contributed by atoms with van der Waals surface area (Å²) in [6.45, 7) is 1.69. The zero-order valence-electron chi connectivity index (χ0n) is 12.7. The first kappa shape index (κ1) is 15.5. The smallest absolute Gasteiger partial charge is 0.226 e. The molecule has 23 heavy (non-hydrogen) atoms. The number of hydrogen-bond donors (Lipinski definition) is 1. The Kier molecular flexibility index (Phi) is 4.57. The lowest BCUT2D eigenvalue weighted by molar-refractivity contribution is -0.116. The van der Waals surface area contributed by atoms with Crippen molar-refractivity contribution in [3.63, 3.8) is 0 Å². The van der Waals surface area contributed by atoms with Crippen LogP contribution in [0.5, 0.6) is 0 Å². The number of rotatable bonds is 5. The molecular weight excluding hydrogens is 311 g/mol. The summed E-state index contributed by atoms with van der Waals surface area (Å²) in [4.78, 5) is 13.5. The molecule has 0 fully saturated rings. The molecule has 0 aliphatic carbocycles. The molecular formula is C18H17FN2OS. The van der Waals surface area contributed by atoms with E-state index in [2.05, 4.69) is 5.32 Å². The number of hydrogen-bond acceptors (Lipinski definition) is 2. The van der Waals surface area contributed by atoms with Gasteiger partial charge in [-0.2, -0.15) is 0 Å². The van der Waals surface area contributed by atoms with E-state index in [1.807, 2.05) is 46.6 Å². The zero-order chi connectivity index (χ0) is 16.2. The van der Waals surface area contributed by atoms with Crippen LogP contribution in [0.4, 0.5) is 10.1 Å². The van der Waals surface area contributed by atoms with E-state index in [1.165, 1.54) is 6.07 Å². The monoisotopic (exact) mass is 328 g/mol. The van der Waals surface area contributed by atoms with Crippen molar-refractivity contribution in [1.29, 1.82) is 0 Å². The molecule has 1 N–H and O–H groups in total. The maximum Gasteiger partial charge on any atom is 0.226 e. The van der Waals surface area contributed by atoms with E-state index >= 15 is 0 Å². The van der Waals surface area contributed by atoms with Gasteiger partial charge in [0.1, 0.15) is 5.82 Å². The van der Waals surface area contributed by atoms with Crippen molar-refractivity contribution in [2.45, 2.75) is 19.4 Å². The van der Waals surface area contributed by atoms with E-state index < -0.39 is 0 Å². The lowest BCUT2D eigenvalue weighted by Gasteiger charge is -2.17.